The van der Waals surface area contributed by atoms with E-state index in [4.69, 9.17) is 0 Å². The third kappa shape index (κ3) is 3.28. The summed E-state index contributed by atoms with van der Waals surface area (Å²) in [4.78, 5) is 23.8. The number of rotatable bonds is 3. The van der Waals surface area contributed by atoms with E-state index in [1.165, 1.54) is 10.5 Å². The normalized spacial score (nSPS) is 13.4. The second-order valence-electron chi connectivity index (χ2n) is 6.50. The molecule has 1 aliphatic rings. The summed E-state index contributed by atoms with van der Waals surface area (Å²) >= 11 is 0. The standard InChI is InChI=1S/C20H17NO4.K/c1-11-15(13-3-2-4-14(22)9-13)7-8-21-18(11)16(12-5-6-12)10-17(19(21)23)20(24)25;/h2-4,7-10,12,22H,5-6H2,1H3,(H,24,25);/q;+1/p-1. The van der Waals surface area contributed by atoms with Gasteiger partial charge in [-0.1, -0.05) is 12.1 Å². The van der Waals surface area contributed by atoms with Crippen molar-refractivity contribution in [1.82, 2.24) is 4.40 Å². The Bertz CT molecular complexity index is 1080. The van der Waals surface area contributed by atoms with Gasteiger partial charge in [-0.3, -0.25) is 9.20 Å². The number of carboxylic acid groups (broad SMARTS) is 1. The Labute approximate surface area is 192 Å². The summed E-state index contributed by atoms with van der Waals surface area (Å²) in [6.45, 7) is 1.92. The van der Waals surface area contributed by atoms with Gasteiger partial charge in [-0.2, -0.15) is 0 Å². The Balaban J connectivity index is 0.00000196. The Morgan fingerprint density at radius 3 is 2.58 bits per heavy atom. The van der Waals surface area contributed by atoms with Crippen molar-refractivity contribution in [2.75, 3.05) is 0 Å². The summed E-state index contributed by atoms with van der Waals surface area (Å²) in [6.07, 6.45) is 3.56. The van der Waals surface area contributed by atoms with E-state index in [0.717, 1.165) is 40.6 Å². The number of hydrogen-bond acceptors (Lipinski definition) is 4. The van der Waals surface area contributed by atoms with E-state index in [-0.39, 0.29) is 68.6 Å². The molecular formula is C20H16KNO4. The maximum absolute atomic E-state index is 12.5. The minimum atomic E-state index is -1.45. The van der Waals surface area contributed by atoms with Crippen molar-refractivity contribution >= 4 is 11.5 Å². The number of hydrogen-bond donors (Lipinski definition) is 1. The fraction of sp³-hybridized carbons (Fsp3) is 0.200. The third-order valence-corrected chi connectivity index (χ3v) is 4.81. The predicted octanol–water partition coefficient (Wildman–Crippen LogP) is -0.775. The van der Waals surface area contributed by atoms with Crippen LogP contribution in [0.25, 0.3) is 16.6 Å². The molecule has 1 saturated carbocycles. The second kappa shape index (κ2) is 7.29. The molecule has 3 aromatic rings. The molecule has 0 amide bonds. The van der Waals surface area contributed by atoms with Gasteiger partial charge >= 0.3 is 51.4 Å². The zero-order valence-corrected chi connectivity index (χ0v) is 17.8. The smallest absolute Gasteiger partial charge is 0.545 e. The molecule has 0 aliphatic heterocycles. The molecule has 6 heteroatoms. The summed E-state index contributed by atoms with van der Waals surface area (Å²) < 4.78 is 1.40. The number of aromatic hydroxyl groups is 1. The molecule has 4 rings (SSSR count). The van der Waals surface area contributed by atoms with E-state index in [2.05, 4.69) is 0 Å². The SMILES string of the molecule is Cc1c(-c2cccc(O)c2)ccn2c(=O)c(C(=O)[O-])cc(C3CC3)c12.[K+]. The number of pyridine rings is 2. The van der Waals surface area contributed by atoms with Crippen molar-refractivity contribution in [3.05, 3.63) is 69.6 Å². The van der Waals surface area contributed by atoms with Gasteiger partial charge in [0.1, 0.15) is 5.75 Å². The van der Waals surface area contributed by atoms with Crippen LogP contribution in [0.15, 0.2) is 47.4 Å². The molecule has 1 N–H and O–H groups in total. The molecule has 1 aliphatic carbocycles. The van der Waals surface area contributed by atoms with Gasteiger partial charge < -0.3 is 15.0 Å². The molecule has 5 nitrogen and oxygen atoms in total. The number of benzene rings is 1. The summed E-state index contributed by atoms with van der Waals surface area (Å²) in [5.74, 6) is -1.01. The molecule has 1 aromatic carbocycles. The van der Waals surface area contributed by atoms with Gasteiger partial charge in [0.25, 0.3) is 5.56 Å². The fourth-order valence-corrected chi connectivity index (χ4v) is 3.43. The van der Waals surface area contributed by atoms with Gasteiger partial charge in [0, 0.05) is 6.20 Å². The van der Waals surface area contributed by atoms with E-state index in [1.807, 2.05) is 13.0 Å². The van der Waals surface area contributed by atoms with Crippen molar-refractivity contribution in [2.24, 2.45) is 0 Å². The molecule has 0 saturated heterocycles. The molecule has 2 aromatic heterocycles. The molecular weight excluding hydrogens is 357 g/mol. The number of carbonyl (C=O) groups excluding carboxylic acids is 1. The largest absolute Gasteiger partial charge is 1.00 e. The molecule has 126 valence electrons. The zero-order chi connectivity index (χ0) is 17.7. The van der Waals surface area contributed by atoms with Crippen LogP contribution < -0.4 is 62.1 Å². The number of aryl methyl sites for hydroxylation is 1. The van der Waals surface area contributed by atoms with Crippen LogP contribution in [0.4, 0.5) is 0 Å². The summed E-state index contributed by atoms with van der Waals surface area (Å²) in [5, 5.41) is 21.1. The number of aromatic carboxylic acids is 1. The number of nitrogens with zero attached hydrogens (tertiary/aromatic N) is 1. The van der Waals surface area contributed by atoms with Gasteiger partial charge in [-0.15, -0.1) is 0 Å². The van der Waals surface area contributed by atoms with Crippen LogP contribution in [0.2, 0.25) is 0 Å². The summed E-state index contributed by atoms with van der Waals surface area (Å²) in [6, 6.07) is 10.2. The summed E-state index contributed by atoms with van der Waals surface area (Å²) in [5.41, 5.74) is 3.37. The Kier molecular flexibility index (Phi) is 5.41. The number of fused-ring (bicyclic) bond motifs is 1. The van der Waals surface area contributed by atoms with Crippen molar-refractivity contribution < 1.29 is 66.4 Å². The van der Waals surface area contributed by atoms with Crippen LogP contribution in [0, 0.1) is 6.92 Å². The van der Waals surface area contributed by atoms with Gasteiger partial charge in [-0.05, 0) is 72.2 Å². The average Bonchev–Trinajstić information content (AvgIpc) is 3.40. The van der Waals surface area contributed by atoms with E-state index in [9.17, 15) is 19.8 Å². The first-order chi connectivity index (χ1) is 12.0. The molecule has 1 fully saturated rings. The average molecular weight is 373 g/mol. The maximum Gasteiger partial charge on any atom is 1.00 e. The van der Waals surface area contributed by atoms with E-state index >= 15 is 0 Å². The maximum atomic E-state index is 12.5. The quantitative estimate of drug-likeness (QED) is 0.611. The van der Waals surface area contributed by atoms with Crippen molar-refractivity contribution in [3.63, 3.8) is 0 Å². The molecule has 0 bridgehead atoms. The van der Waals surface area contributed by atoms with Crippen LogP contribution in [0.5, 0.6) is 5.75 Å². The van der Waals surface area contributed by atoms with Crippen LogP contribution in [0.3, 0.4) is 0 Å². The Hall–Kier alpha value is -1.44. The predicted molar refractivity (Wildman–Crippen MR) is 91.8 cm³/mol. The number of carboxylic acids is 1. The van der Waals surface area contributed by atoms with Gasteiger partial charge in [-0.25, -0.2) is 0 Å². The molecule has 0 radical (unpaired) electrons. The first-order valence-corrected chi connectivity index (χ1v) is 8.17. The molecule has 26 heavy (non-hydrogen) atoms. The van der Waals surface area contributed by atoms with Crippen molar-refractivity contribution in [2.45, 2.75) is 25.7 Å². The van der Waals surface area contributed by atoms with Crippen LogP contribution in [-0.2, 0) is 0 Å². The van der Waals surface area contributed by atoms with E-state index in [0.29, 0.717) is 0 Å². The first kappa shape index (κ1) is 19.3. The molecule has 2 heterocycles. The van der Waals surface area contributed by atoms with E-state index in [1.54, 1.807) is 30.5 Å². The zero-order valence-electron chi connectivity index (χ0n) is 14.7. The number of phenols is 1. The van der Waals surface area contributed by atoms with Gasteiger partial charge in [0.15, 0.2) is 0 Å². The summed E-state index contributed by atoms with van der Waals surface area (Å²) in [7, 11) is 0. The second-order valence-corrected chi connectivity index (χ2v) is 6.50. The number of phenolic OH excluding ortho intramolecular Hbond substituents is 1. The van der Waals surface area contributed by atoms with Gasteiger partial charge in [0.05, 0.1) is 17.0 Å². The van der Waals surface area contributed by atoms with Crippen LogP contribution in [-0.4, -0.2) is 15.5 Å². The van der Waals surface area contributed by atoms with Crippen molar-refractivity contribution in [3.8, 4) is 16.9 Å². The van der Waals surface area contributed by atoms with Crippen LogP contribution >= 0.6 is 0 Å². The monoisotopic (exact) mass is 373 g/mol. The Morgan fingerprint density at radius 2 is 1.96 bits per heavy atom. The van der Waals surface area contributed by atoms with Crippen molar-refractivity contribution in [1.29, 1.82) is 0 Å². The first-order valence-electron chi connectivity index (χ1n) is 8.17. The number of aromatic nitrogens is 1. The minimum Gasteiger partial charge on any atom is -0.545 e. The van der Waals surface area contributed by atoms with Gasteiger partial charge in [0.2, 0.25) is 0 Å². The Morgan fingerprint density at radius 1 is 1.23 bits per heavy atom. The fourth-order valence-electron chi connectivity index (χ4n) is 3.43. The minimum absolute atomic E-state index is 0. The number of carbonyl (C=O) groups is 1. The third-order valence-electron chi connectivity index (χ3n) is 4.81. The van der Waals surface area contributed by atoms with E-state index < -0.39 is 11.5 Å². The molecule has 0 spiro atoms. The topological polar surface area (TPSA) is 81.8 Å². The molecule has 0 unspecified atom stereocenters. The molecule has 0 atom stereocenters. The van der Waals surface area contributed by atoms with Crippen LogP contribution in [0.1, 0.15) is 40.2 Å².